The molecule has 0 saturated carbocycles. The fourth-order valence-electron chi connectivity index (χ4n) is 1.53. The number of carbonyl (C=O) groups excluding carboxylic acids is 1. The summed E-state index contributed by atoms with van der Waals surface area (Å²) in [4.78, 5) is 11.4. The van der Waals surface area contributed by atoms with Gasteiger partial charge >= 0.3 is 0 Å². The fraction of sp³-hybridized carbons (Fsp3) is 0.917. The van der Waals surface area contributed by atoms with Gasteiger partial charge in [-0.1, -0.05) is 26.2 Å². The van der Waals surface area contributed by atoms with Gasteiger partial charge in [0.15, 0.2) is 0 Å². The molecule has 0 spiro atoms. The highest BCUT2D eigenvalue weighted by atomic mass is 16.2. The van der Waals surface area contributed by atoms with Crippen LogP contribution in [0.3, 0.4) is 0 Å². The van der Waals surface area contributed by atoms with Crippen molar-refractivity contribution in [3.8, 4) is 0 Å². The van der Waals surface area contributed by atoms with Crippen LogP contribution in [0.25, 0.3) is 0 Å². The van der Waals surface area contributed by atoms with Crippen LogP contribution in [0.4, 0.5) is 0 Å². The predicted octanol–water partition coefficient (Wildman–Crippen LogP) is 2.23. The quantitative estimate of drug-likeness (QED) is 0.579. The van der Waals surface area contributed by atoms with Crippen molar-refractivity contribution in [2.45, 2.75) is 64.8 Å². The number of unbranched alkanes of at least 4 members (excludes halogenated alkanes) is 3. The topological polar surface area (TPSA) is 49.3 Å². The summed E-state index contributed by atoms with van der Waals surface area (Å²) in [6.07, 6.45) is 6.82. The molecule has 0 aliphatic heterocycles. The maximum absolute atomic E-state index is 11.4. The van der Waals surface area contributed by atoms with E-state index >= 15 is 0 Å². The Bertz CT molecular complexity index is 160. The number of amides is 1. The van der Waals surface area contributed by atoms with Crippen LogP contribution < -0.4 is 5.32 Å². The lowest BCUT2D eigenvalue weighted by Crippen LogP contribution is -2.32. The van der Waals surface area contributed by atoms with Gasteiger partial charge in [0, 0.05) is 19.1 Å². The van der Waals surface area contributed by atoms with E-state index in [-0.39, 0.29) is 18.6 Å². The van der Waals surface area contributed by atoms with Gasteiger partial charge in [0.2, 0.25) is 5.91 Å². The van der Waals surface area contributed by atoms with Crippen LogP contribution in [0.2, 0.25) is 0 Å². The highest BCUT2D eigenvalue weighted by molar-refractivity contribution is 5.76. The average Bonchev–Trinajstić information content (AvgIpc) is 2.21. The molecule has 3 nitrogen and oxygen atoms in total. The van der Waals surface area contributed by atoms with E-state index in [0.717, 1.165) is 25.7 Å². The summed E-state index contributed by atoms with van der Waals surface area (Å²) in [5.41, 5.74) is 0. The number of rotatable bonds is 9. The van der Waals surface area contributed by atoms with Crippen molar-refractivity contribution in [2.75, 3.05) is 6.61 Å². The molecule has 90 valence electrons. The number of nitrogens with one attached hydrogen (secondary N) is 1. The van der Waals surface area contributed by atoms with Crippen LogP contribution in [0, 0.1) is 0 Å². The van der Waals surface area contributed by atoms with Crippen LogP contribution in [0.1, 0.15) is 58.8 Å². The van der Waals surface area contributed by atoms with E-state index < -0.39 is 0 Å². The van der Waals surface area contributed by atoms with Crippen LogP contribution in [-0.2, 0) is 4.79 Å². The second-order valence-electron chi connectivity index (χ2n) is 4.15. The second kappa shape index (κ2) is 9.97. The molecule has 1 amide bonds. The molecule has 0 heterocycles. The molecule has 0 aliphatic rings. The molecule has 1 atom stereocenters. The summed E-state index contributed by atoms with van der Waals surface area (Å²) in [6, 6.07) is 0.191. The molecule has 2 N–H and O–H groups in total. The molecule has 0 aromatic heterocycles. The van der Waals surface area contributed by atoms with E-state index in [4.69, 9.17) is 5.11 Å². The monoisotopic (exact) mass is 215 g/mol. The maximum Gasteiger partial charge on any atom is 0.220 e. The average molecular weight is 215 g/mol. The number of hydrogen-bond donors (Lipinski definition) is 2. The molecule has 0 aliphatic carbocycles. The Morgan fingerprint density at radius 3 is 2.60 bits per heavy atom. The Kier molecular flexibility index (Phi) is 9.59. The largest absolute Gasteiger partial charge is 0.396 e. The van der Waals surface area contributed by atoms with Crippen molar-refractivity contribution in [3.05, 3.63) is 0 Å². The fourth-order valence-corrected chi connectivity index (χ4v) is 1.53. The molecule has 1 unspecified atom stereocenters. The smallest absolute Gasteiger partial charge is 0.220 e. The predicted molar refractivity (Wildman–Crippen MR) is 62.7 cm³/mol. The van der Waals surface area contributed by atoms with E-state index in [1.54, 1.807) is 0 Å². The third-order valence-electron chi connectivity index (χ3n) is 2.46. The zero-order valence-electron chi connectivity index (χ0n) is 10.1. The third kappa shape index (κ3) is 9.73. The lowest BCUT2D eigenvalue weighted by atomic mass is 10.1. The Morgan fingerprint density at radius 2 is 2.00 bits per heavy atom. The van der Waals surface area contributed by atoms with Gasteiger partial charge in [-0.05, 0) is 26.2 Å². The molecule has 0 fully saturated rings. The Labute approximate surface area is 93.3 Å². The first-order valence-corrected chi connectivity index (χ1v) is 6.11. The van der Waals surface area contributed by atoms with Crippen molar-refractivity contribution >= 4 is 5.91 Å². The summed E-state index contributed by atoms with van der Waals surface area (Å²) in [7, 11) is 0. The first kappa shape index (κ1) is 14.4. The van der Waals surface area contributed by atoms with Crippen molar-refractivity contribution in [1.29, 1.82) is 0 Å². The molecule has 0 saturated heterocycles. The highest BCUT2D eigenvalue weighted by Gasteiger charge is 2.06. The molecule has 0 aromatic carbocycles. The van der Waals surface area contributed by atoms with E-state index in [1.807, 2.05) is 6.92 Å². The number of hydrogen-bond acceptors (Lipinski definition) is 2. The van der Waals surface area contributed by atoms with E-state index in [9.17, 15) is 4.79 Å². The number of aliphatic hydroxyl groups excluding tert-OH is 1. The van der Waals surface area contributed by atoms with Gasteiger partial charge in [-0.25, -0.2) is 0 Å². The molecule has 0 radical (unpaired) electrons. The minimum atomic E-state index is 0.150. The van der Waals surface area contributed by atoms with Crippen molar-refractivity contribution in [3.63, 3.8) is 0 Å². The van der Waals surface area contributed by atoms with E-state index in [1.165, 1.54) is 12.8 Å². The second-order valence-corrected chi connectivity index (χ2v) is 4.15. The van der Waals surface area contributed by atoms with Gasteiger partial charge in [-0.15, -0.1) is 0 Å². The standard InChI is InChI=1S/C12H25NO2/c1-3-4-5-6-9-12(15)13-11(2)8-7-10-14/h11,14H,3-10H2,1-2H3,(H,13,15). The Balaban J connectivity index is 3.38. The Hall–Kier alpha value is -0.570. The summed E-state index contributed by atoms with van der Waals surface area (Å²) in [5, 5.41) is 11.6. The number of carbonyl (C=O) groups is 1. The van der Waals surface area contributed by atoms with Gasteiger partial charge in [0.25, 0.3) is 0 Å². The highest BCUT2D eigenvalue weighted by Crippen LogP contribution is 2.03. The SMILES string of the molecule is CCCCCCC(=O)NC(C)CCCO. The van der Waals surface area contributed by atoms with E-state index in [0.29, 0.717) is 6.42 Å². The molecule has 15 heavy (non-hydrogen) atoms. The van der Waals surface area contributed by atoms with Gasteiger partial charge in [-0.3, -0.25) is 4.79 Å². The van der Waals surface area contributed by atoms with Crippen LogP contribution in [0.15, 0.2) is 0 Å². The third-order valence-corrected chi connectivity index (χ3v) is 2.46. The summed E-state index contributed by atoms with van der Waals surface area (Å²) in [6.45, 7) is 4.35. The molecule has 3 heteroatoms. The van der Waals surface area contributed by atoms with Crippen molar-refractivity contribution in [1.82, 2.24) is 5.32 Å². The van der Waals surface area contributed by atoms with Gasteiger partial charge in [-0.2, -0.15) is 0 Å². The van der Waals surface area contributed by atoms with Crippen LogP contribution in [-0.4, -0.2) is 23.7 Å². The first-order chi connectivity index (χ1) is 7.20. The minimum absolute atomic E-state index is 0.150. The maximum atomic E-state index is 11.4. The van der Waals surface area contributed by atoms with Gasteiger partial charge in [0.05, 0.1) is 0 Å². The normalized spacial score (nSPS) is 12.5. The van der Waals surface area contributed by atoms with Crippen molar-refractivity contribution < 1.29 is 9.90 Å². The summed E-state index contributed by atoms with van der Waals surface area (Å²) < 4.78 is 0. The van der Waals surface area contributed by atoms with Gasteiger partial charge < -0.3 is 10.4 Å². The first-order valence-electron chi connectivity index (χ1n) is 6.11. The molecular formula is C12H25NO2. The molecular weight excluding hydrogens is 190 g/mol. The molecule has 0 rings (SSSR count). The van der Waals surface area contributed by atoms with E-state index in [2.05, 4.69) is 12.2 Å². The zero-order chi connectivity index (χ0) is 11.5. The summed E-state index contributed by atoms with van der Waals surface area (Å²) >= 11 is 0. The van der Waals surface area contributed by atoms with Crippen LogP contribution in [0.5, 0.6) is 0 Å². The zero-order valence-corrected chi connectivity index (χ0v) is 10.1. The molecule has 0 aromatic rings. The molecule has 0 bridgehead atoms. The minimum Gasteiger partial charge on any atom is -0.396 e. The van der Waals surface area contributed by atoms with Gasteiger partial charge in [0.1, 0.15) is 0 Å². The van der Waals surface area contributed by atoms with Crippen molar-refractivity contribution in [2.24, 2.45) is 0 Å². The summed E-state index contributed by atoms with van der Waals surface area (Å²) in [5.74, 6) is 0.150. The number of aliphatic hydroxyl groups is 1. The van der Waals surface area contributed by atoms with Crippen LogP contribution >= 0.6 is 0 Å². The lowest BCUT2D eigenvalue weighted by Gasteiger charge is -2.12. The Morgan fingerprint density at radius 1 is 1.27 bits per heavy atom. The lowest BCUT2D eigenvalue weighted by molar-refractivity contribution is -0.121.